The van der Waals surface area contributed by atoms with Gasteiger partial charge in [-0.05, 0) is 24.4 Å². The Hall–Kier alpha value is -1.22. The predicted octanol–water partition coefficient (Wildman–Crippen LogP) is 3.54. The second-order valence-corrected chi connectivity index (χ2v) is 3.47. The molecule has 0 radical (unpaired) electrons. The van der Waals surface area contributed by atoms with Crippen molar-refractivity contribution < 1.29 is 0 Å². The van der Waals surface area contributed by atoms with Gasteiger partial charge in [-0.25, -0.2) is 9.97 Å². The molecule has 2 aromatic heterocycles. The monoisotopic (exact) mass is 206 g/mol. The Labute approximate surface area is 88.7 Å². The van der Waals surface area contributed by atoms with E-state index < -0.39 is 0 Å². The van der Waals surface area contributed by atoms with Gasteiger partial charge in [0.25, 0.3) is 0 Å². The molecule has 0 fully saturated rings. The lowest BCUT2D eigenvalue weighted by Crippen LogP contribution is -1.84. The Bertz CT molecular complexity index is 369. The van der Waals surface area contributed by atoms with E-state index in [0.717, 1.165) is 11.4 Å². The highest BCUT2D eigenvalue weighted by Gasteiger charge is 1.98. The average molecular weight is 206 g/mol. The van der Waals surface area contributed by atoms with E-state index >= 15 is 0 Å². The molecule has 2 heterocycles. The molecule has 0 aromatic carbocycles. The smallest absolute Gasteiger partial charge is 0.116 e. The van der Waals surface area contributed by atoms with Gasteiger partial charge in [0.2, 0.25) is 0 Å². The van der Waals surface area contributed by atoms with Crippen LogP contribution in [0.4, 0.5) is 0 Å². The van der Waals surface area contributed by atoms with Gasteiger partial charge in [0.15, 0.2) is 0 Å². The molecule has 2 rings (SSSR count). The minimum absolute atomic E-state index is 1.01. The summed E-state index contributed by atoms with van der Waals surface area (Å²) in [4.78, 5) is 9.42. The second-order valence-electron chi connectivity index (χ2n) is 2.52. The van der Waals surface area contributed by atoms with Crippen LogP contribution in [0.5, 0.6) is 0 Å². The zero-order chi connectivity index (χ0) is 10.4. The van der Waals surface area contributed by atoms with Crippen molar-refractivity contribution in [3.05, 3.63) is 35.6 Å². The van der Waals surface area contributed by atoms with Gasteiger partial charge >= 0.3 is 0 Å². The minimum Gasteiger partial charge on any atom is -0.242 e. The Morgan fingerprint density at radius 1 is 1.21 bits per heavy atom. The van der Waals surface area contributed by atoms with E-state index in [1.165, 1.54) is 4.88 Å². The van der Waals surface area contributed by atoms with Gasteiger partial charge in [-0.3, -0.25) is 0 Å². The number of aryl methyl sites for hydroxylation is 1. The van der Waals surface area contributed by atoms with Crippen molar-refractivity contribution in [1.82, 2.24) is 9.97 Å². The summed E-state index contributed by atoms with van der Waals surface area (Å²) in [7, 11) is 0. The molecule has 0 N–H and O–H groups in total. The fourth-order valence-corrected chi connectivity index (χ4v) is 1.71. The van der Waals surface area contributed by atoms with Crippen LogP contribution in [0, 0.1) is 6.92 Å². The molecule has 0 saturated heterocycles. The van der Waals surface area contributed by atoms with Gasteiger partial charge in [0.05, 0.1) is 10.6 Å². The molecule has 2 nitrogen and oxygen atoms in total. The van der Waals surface area contributed by atoms with E-state index in [2.05, 4.69) is 16.0 Å². The van der Waals surface area contributed by atoms with Crippen LogP contribution in [0.15, 0.2) is 29.9 Å². The molecule has 0 bridgehead atoms. The molecule has 14 heavy (non-hydrogen) atoms. The molecular formula is C11H14N2S. The normalized spacial score (nSPS) is 9.07. The van der Waals surface area contributed by atoms with Gasteiger partial charge in [-0.15, -0.1) is 11.3 Å². The zero-order valence-corrected chi connectivity index (χ0v) is 9.51. The standard InChI is InChI=1S/C9H8N2S.C2H6/c1-7-5-8(11-6-10-7)9-3-2-4-12-9;1-2/h2-6H,1H3;1-2H3. The summed E-state index contributed by atoms with van der Waals surface area (Å²) < 4.78 is 0. The van der Waals surface area contributed by atoms with Crippen LogP contribution in [-0.4, -0.2) is 9.97 Å². The Balaban J connectivity index is 0.000000461. The van der Waals surface area contributed by atoms with Crippen LogP contribution in [0.1, 0.15) is 19.5 Å². The van der Waals surface area contributed by atoms with Gasteiger partial charge < -0.3 is 0 Å². The molecule has 0 amide bonds. The molecule has 0 aliphatic carbocycles. The summed E-state index contributed by atoms with van der Waals surface area (Å²) in [6.45, 7) is 5.97. The van der Waals surface area contributed by atoms with Gasteiger partial charge in [-0.2, -0.15) is 0 Å². The van der Waals surface area contributed by atoms with Crippen LogP contribution in [-0.2, 0) is 0 Å². The maximum absolute atomic E-state index is 4.18. The third-order valence-corrected chi connectivity index (χ3v) is 2.47. The fraction of sp³-hybridized carbons (Fsp3) is 0.273. The third kappa shape index (κ3) is 2.64. The maximum Gasteiger partial charge on any atom is 0.116 e. The summed E-state index contributed by atoms with van der Waals surface area (Å²) in [6.07, 6.45) is 1.60. The van der Waals surface area contributed by atoms with Crippen LogP contribution < -0.4 is 0 Å². The fourth-order valence-electron chi connectivity index (χ4n) is 1.01. The molecule has 2 aromatic rings. The van der Waals surface area contributed by atoms with Crippen LogP contribution in [0.3, 0.4) is 0 Å². The van der Waals surface area contributed by atoms with Gasteiger partial charge in [-0.1, -0.05) is 19.9 Å². The van der Waals surface area contributed by atoms with Crippen molar-refractivity contribution >= 4 is 11.3 Å². The predicted molar refractivity (Wildman–Crippen MR) is 61.4 cm³/mol. The number of thiophene rings is 1. The van der Waals surface area contributed by atoms with E-state index in [1.54, 1.807) is 17.7 Å². The molecule has 74 valence electrons. The quantitative estimate of drug-likeness (QED) is 0.713. The summed E-state index contributed by atoms with van der Waals surface area (Å²) in [6, 6.07) is 6.08. The molecule has 0 unspecified atom stereocenters. The van der Waals surface area contributed by atoms with Crippen molar-refractivity contribution in [1.29, 1.82) is 0 Å². The van der Waals surface area contributed by atoms with E-state index in [9.17, 15) is 0 Å². The van der Waals surface area contributed by atoms with Crippen molar-refractivity contribution in [2.24, 2.45) is 0 Å². The topological polar surface area (TPSA) is 25.8 Å². The first-order valence-electron chi connectivity index (χ1n) is 4.69. The van der Waals surface area contributed by atoms with Crippen molar-refractivity contribution in [2.75, 3.05) is 0 Å². The summed E-state index contributed by atoms with van der Waals surface area (Å²) in [5, 5.41) is 2.05. The Morgan fingerprint density at radius 2 is 2.00 bits per heavy atom. The number of nitrogens with zero attached hydrogens (tertiary/aromatic N) is 2. The highest BCUT2D eigenvalue weighted by atomic mass is 32.1. The lowest BCUT2D eigenvalue weighted by molar-refractivity contribution is 1.11. The number of aromatic nitrogens is 2. The second kappa shape index (κ2) is 5.50. The van der Waals surface area contributed by atoms with Gasteiger partial charge in [0.1, 0.15) is 6.33 Å². The highest BCUT2D eigenvalue weighted by Crippen LogP contribution is 2.21. The summed E-state index contributed by atoms with van der Waals surface area (Å²) >= 11 is 1.69. The number of hydrogen-bond donors (Lipinski definition) is 0. The summed E-state index contributed by atoms with van der Waals surface area (Å²) in [5.74, 6) is 0. The summed E-state index contributed by atoms with van der Waals surface area (Å²) in [5.41, 5.74) is 2.02. The van der Waals surface area contributed by atoms with Gasteiger partial charge in [0, 0.05) is 5.69 Å². The first kappa shape index (κ1) is 10.9. The number of rotatable bonds is 1. The van der Waals surface area contributed by atoms with Crippen molar-refractivity contribution in [3.8, 4) is 10.6 Å². The third-order valence-electron chi connectivity index (χ3n) is 1.58. The Kier molecular flexibility index (Phi) is 4.26. The lowest BCUT2D eigenvalue weighted by atomic mass is 10.3. The Morgan fingerprint density at radius 3 is 2.57 bits per heavy atom. The van der Waals surface area contributed by atoms with E-state index in [4.69, 9.17) is 0 Å². The largest absolute Gasteiger partial charge is 0.242 e. The molecule has 0 aliphatic heterocycles. The van der Waals surface area contributed by atoms with Crippen LogP contribution in [0.2, 0.25) is 0 Å². The highest BCUT2D eigenvalue weighted by molar-refractivity contribution is 7.13. The van der Waals surface area contributed by atoms with E-state index in [0.29, 0.717) is 0 Å². The van der Waals surface area contributed by atoms with E-state index in [1.807, 2.05) is 38.3 Å². The van der Waals surface area contributed by atoms with E-state index in [-0.39, 0.29) is 0 Å². The molecular weight excluding hydrogens is 192 g/mol. The average Bonchev–Trinajstić information content (AvgIpc) is 2.74. The minimum atomic E-state index is 1.01. The number of hydrogen-bond acceptors (Lipinski definition) is 3. The first-order valence-corrected chi connectivity index (χ1v) is 5.57. The molecule has 0 aliphatic rings. The van der Waals surface area contributed by atoms with Crippen LogP contribution >= 0.6 is 11.3 Å². The van der Waals surface area contributed by atoms with Crippen molar-refractivity contribution in [2.45, 2.75) is 20.8 Å². The van der Waals surface area contributed by atoms with Crippen molar-refractivity contribution in [3.63, 3.8) is 0 Å². The molecule has 0 spiro atoms. The lowest BCUT2D eigenvalue weighted by Gasteiger charge is -1.95. The molecule has 0 atom stereocenters. The first-order chi connectivity index (χ1) is 6.86. The zero-order valence-electron chi connectivity index (χ0n) is 8.69. The van der Waals surface area contributed by atoms with Crippen LogP contribution in [0.25, 0.3) is 10.6 Å². The molecule has 0 saturated carbocycles. The maximum atomic E-state index is 4.18. The SMILES string of the molecule is CC.Cc1cc(-c2cccs2)ncn1. The molecule has 3 heteroatoms.